The first-order valence-electron chi connectivity index (χ1n) is 6.99. The number of hydrogen-bond acceptors (Lipinski definition) is 3. The van der Waals surface area contributed by atoms with Crippen LogP contribution in [0.25, 0.3) is 0 Å². The maximum absolute atomic E-state index is 13.6. The maximum Gasteiger partial charge on any atom is 0.129 e. The molecule has 2 N–H and O–H groups in total. The molecule has 1 aliphatic carbocycles. The zero-order valence-corrected chi connectivity index (χ0v) is 11.1. The summed E-state index contributed by atoms with van der Waals surface area (Å²) in [5.74, 6) is -0.346. The van der Waals surface area contributed by atoms with Gasteiger partial charge in [-0.15, -0.1) is 0 Å². The molecule has 1 aromatic carbocycles. The van der Waals surface area contributed by atoms with Crippen LogP contribution >= 0.6 is 0 Å². The standard InChI is InChI=1S/C15H22FNO2/c16-14-6-2-1-5-13(14)15(19)11-17(12-7-8-12)9-3-4-10-18/h1-2,5-6,12,15,18-19H,3-4,7-11H2. The summed E-state index contributed by atoms with van der Waals surface area (Å²) in [4.78, 5) is 2.22. The van der Waals surface area contributed by atoms with E-state index >= 15 is 0 Å². The van der Waals surface area contributed by atoms with Crippen LogP contribution in [0, 0.1) is 5.82 Å². The van der Waals surface area contributed by atoms with Crippen LogP contribution in [0.4, 0.5) is 4.39 Å². The van der Waals surface area contributed by atoms with Gasteiger partial charge in [0.05, 0.1) is 6.10 Å². The number of unbranched alkanes of at least 4 members (excludes halogenated alkanes) is 1. The van der Waals surface area contributed by atoms with Crippen LogP contribution in [0.5, 0.6) is 0 Å². The van der Waals surface area contributed by atoms with E-state index in [1.54, 1.807) is 18.2 Å². The predicted molar refractivity (Wildman–Crippen MR) is 72.3 cm³/mol. The molecule has 106 valence electrons. The number of aliphatic hydroxyl groups is 2. The van der Waals surface area contributed by atoms with Gasteiger partial charge in [-0.2, -0.15) is 0 Å². The number of aliphatic hydroxyl groups excluding tert-OH is 2. The van der Waals surface area contributed by atoms with Crippen LogP contribution in [0.15, 0.2) is 24.3 Å². The Morgan fingerprint density at radius 2 is 2.00 bits per heavy atom. The molecule has 0 aromatic heterocycles. The zero-order valence-electron chi connectivity index (χ0n) is 11.1. The fourth-order valence-electron chi connectivity index (χ4n) is 2.36. The Bertz CT molecular complexity index is 395. The van der Waals surface area contributed by atoms with Gasteiger partial charge in [0.2, 0.25) is 0 Å². The van der Waals surface area contributed by atoms with Crippen molar-refractivity contribution in [3.05, 3.63) is 35.6 Å². The molecule has 0 saturated heterocycles. The lowest BCUT2D eigenvalue weighted by Crippen LogP contribution is -2.32. The summed E-state index contributed by atoms with van der Waals surface area (Å²) < 4.78 is 13.6. The highest BCUT2D eigenvalue weighted by Gasteiger charge is 2.30. The van der Waals surface area contributed by atoms with Gasteiger partial charge in [-0.05, 0) is 38.3 Å². The third-order valence-electron chi connectivity index (χ3n) is 3.59. The van der Waals surface area contributed by atoms with Crippen LogP contribution in [0.1, 0.15) is 37.4 Å². The van der Waals surface area contributed by atoms with E-state index < -0.39 is 6.10 Å². The third kappa shape index (κ3) is 4.27. The van der Waals surface area contributed by atoms with Crippen molar-refractivity contribution in [1.82, 2.24) is 4.90 Å². The van der Waals surface area contributed by atoms with E-state index in [0.717, 1.165) is 32.2 Å². The van der Waals surface area contributed by atoms with Crippen molar-refractivity contribution in [2.75, 3.05) is 19.7 Å². The van der Waals surface area contributed by atoms with Gasteiger partial charge in [0.25, 0.3) is 0 Å². The van der Waals surface area contributed by atoms with Gasteiger partial charge in [-0.1, -0.05) is 18.2 Å². The van der Waals surface area contributed by atoms with Gasteiger partial charge in [0.1, 0.15) is 5.82 Å². The van der Waals surface area contributed by atoms with E-state index in [1.807, 2.05) is 0 Å². The highest BCUT2D eigenvalue weighted by molar-refractivity contribution is 5.20. The molecule has 1 aromatic rings. The summed E-state index contributed by atoms with van der Waals surface area (Å²) in [5.41, 5.74) is 0.371. The molecule has 4 heteroatoms. The second kappa shape index (κ2) is 6.98. The molecular formula is C15H22FNO2. The summed E-state index contributed by atoms with van der Waals surface area (Å²) >= 11 is 0. The Morgan fingerprint density at radius 1 is 1.26 bits per heavy atom. The molecule has 1 saturated carbocycles. The molecule has 19 heavy (non-hydrogen) atoms. The zero-order chi connectivity index (χ0) is 13.7. The van der Waals surface area contributed by atoms with E-state index in [-0.39, 0.29) is 12.4 Å². The van der Waals surface area contributed by atoms with Crippen LogP contribution in [-0.2, 0) is 0 Å². The largest absolute Gasteiger partial charge is 0.396 e. The molecule has 0 aliphatic heterocycles. The van der Waals surface area contributed by atoms with Gasteiger partial charge >= 0.3 is 0 Å². The minimum Gasteiger partial charge on any atom is -0.396 e. The van der Waals surface area contributed by atoms with Crippen LogP contribution in [-0.4, -0.2) is 40.9 Å². The average molecular weight is 267 g/mol. The van der Waals surface area contributed by atoms with Crippen molar-refractivity contribution >= 4 is 0 Å². The quantitative estimate of drug-likeness (QED) is 0.709. The van der Waals surface area contributed by atoms with Crippen LogP contribution in [0.3, 0.4) is 0 Å². The van der Waals surface area contributed by atoms with Gasteiger partial charge in [-0.3, -0.25) is 4.90 Å². The van der Waals surface area contributed by atoms with E-state index in [9.17, 15) is 9.50 Å². The van der Waals surface area contributed by atoms with Crippen molar-refractivity contribution in [1.29, 1.82) is 0 Å². The summed E-state index contributed by atoms with van der Waals surface area (Å²) in [6.07, 6.45) is 3.22. The van der Waals surface area contributed by atoms with Gasteiger partial charge in [-0.25, -0.2) is 4.39 Å². The summed E-state index contributed by atoms with van der Waals surface area (Å²) in [7, 11) is 0. The topological polar surface area (TPSA) is 43.7 Å². The van der Waals surface area contributed by atoms with Gasteiger partial charge in [0.15, 0.2) is 0 Å². The Balaban J connectivity index is 1.91. The van der Waals surface area contributed by atoms with Crippen LogP contribution in [0.2, 0.25) is 0 Å². The molecular weight excluding hydrogens is 245 g/mol. The maximum atomic E-state index is 13.6. The summed E-state index contributed by atoms with van der Waals surface area (Å²) in [6, 6.07) is 6.92. The monoisotopic (exact) mass is 267 g/mol. The number of halogens is 1. The lowest BCUT2D eigenvalue weighted by Gasteiger charge is -2.25. The lowest BCUT2D eigenvalue weighted by molar-refractivity contribution is 0.103. The first-order chi connectivity index (χ1) is 9.22. The molecule has 0 bridgehead atoms. The average Bonchev–Trinajstić information content (AvgIpc) is 3.22. The molecule has 0 heterocycles. The van der Waals surface area contributed by atoms with Crippen molar-refractivity contribution in [2.24, 2.45) is 0 Å². The van der Waals surface area contributed by atoms with Crippen LogP contribution < -0.4 is 0 Å². The van der Waals surface area contributed by atoms with Crippen molar-refractivity contribution in [2.45, 2.75) is 37.8 Å². The molecule has 0 radical (unpaired) electrons. The number of rotatable bonds is 8. The Hall–Kier alpha value is -0.970. The second-order valence-corrected chi connectivity index (χ2v) is 5.19. The van der Waals surface area contributed by atoms with Crippen molar-refractivity contribution in [3.63, 3.8) is 0 Å². The predicted octanol–water partition coefficient (Wildman–Crippen LogP) is 2.10. The minimum absolute atomic E-state index is 0.203. The van der Waals surface area contributed by atoms with Gasteiger partial charge < -0.3 is 10.2 Å². The number of benzene rings is 1. The number of hydrogen-bond donors (Lipinski definition) is 2. The lowest BCUT2D eigenvalue weighted by atomic mass is 10.1. The molecule has 2 rings (SSSR count). The smallest absolute Gasteiger partial charge is 0.129 e. The normalized spacial score (nSPS) is 16.8. The second-order valence-electron chi connectivity index (χ2n) is 5.19. The third-order valence-corrected chi connectivity index (χ3v) is 3.59. The first-order valence-corrected chi connectivity index (χ1v) is 6.99. The Morgan fingerprint density at radius 3 is 2.63 bits per heavy atom. The summed E-state index contributed by atoms with van der Waals surface area (Å²) in [5, 5.41) is 19.0. The van der Waals surface area contributed by atoms with E-state index in [4.69, 9.17) is 5.11 Å². The highest BCUT2D eigenvalue weighted by Crippen LogP contribution is 2.29. The van der Waals surface area contributed by atoms with E-state index in [2.05, 4.69) is 4.90 Å². The fraction of sp³-hybridized carbons (Fsp3) is 0.600. The minimum atomic E-state index is -0.782. The number of nitrogens with zero attached hydrogens (tertiary/aromatic N) is 1. The van der Waals surface area contributed by atoms with Gasteiger partial charge in [0, 0.05) is 24.8 Å². The first kappa shape index (κ1) is 14.4. The molecule has 1 fully saturated rings. The summed E-state index contributed by atoms with van der Waals surface area (Å²) in [6.45, 7) is 1.53. The van der Waals surface area contributed by atoms with Crippen molar-refractivity contribution in [3.8, 4) is 0 Å². The molecule has 0 spiro atoms. The molecule has 1 aliphatic rings. The molecule has 1 unspecified atom stereocenters. The van der Waals surface area contributed by atoms with E-state index in [1.165, 1.54) is 6.07 Å². The van der Waals surface area contributed by atoms with Crippen molar-refractivity contribution < 1.29 is 14.6 Å². The fourth-order valence-corrected chi connectivity index (χ4v) is 2.36. The molecule has 0 amide bonds. The Labute approximate surface area is 113 Å². The van der Waals surface area contributed by atoms with E-state index in [0.29, 0.717) is 18.2 Å². The Kier molecular flexibility index (Phi) is 5.31. The SMILES string of the molecule is OCCCCN(CC(O)c1ccccc1F)C1CC1. The highest BCUT2D eigenvalue weighted by atomic mass is 19.1. The molecule has 3 nitrogen and oxygen atoms in total. The molecule has 1 atom stereocenters.